The van der Waals surface area contributed by atoms with E-state index < -0.39 is 35.5 Å². The Hall–Kier alpha value is -6.24. The van der Waals surface area contributed by atoms with Crippen LogP contribution in [0.25, 0.3) is 11.6 Å². The molecular formula is C43H49FN8O9. The number of carbonyl (C=O) groups is 7. The van der Waals surface area contributed by atoms with Crippen LogP contribution in [0.15, 0.2) is 36.4 Å². The van der Waals surface area contributed by atoms with Crippen molar-refractivity contribution in [2.45, 2.75) is 45.6 Å². The Morgan fingerprint density at radius 3 is 2.44 bits per heavy atom. The monoisotopic (exact) mass is 840 g/mol. The molecule has 5 heterocycles. The fourth-order valence-corrected chi connectivity index (χ4v) is 8.08. The Balaban J connectivity index is 0.739. The summed E-state index contributed by atoms with van der Waals surface area (Å²) < 4.78 is 25.2. The van der Waals surface area contributed by atoms with Gasteiger partial charge in [0.2, 0.25) is 17.7 Å². The number of aromatic amines is 1. The third kappa shape index (κ3) is 9.56. The highest BCUT2D eigenvalue weighted by Gasteiger charge is 2.45. The molecule has 1 atom stereocenters. The second-order valence-corrected chi connectivity index (χ2v) is 15.3. The predicted octanol–water partition coefficient (Wildman–Crippen LogP) is 2.46. The summed E-state index contributed by atoms with van der Waals surface area (Å²) in [4.78, 5) is 97.0. The van der Waals surface area contributed by atoms with E-state index in [0.29, 0.717) is 84.4 Å². The van der Waals surface area contributed by atoms with E-state index in [4.69, 9.17) is 9.47 Å². The van der Waals surface area contributed by atoms with Crippen LogP contribution < -0.4 is 21.3 Å². The number of ether oxygens (including phenoxy) is 2. The quantitative estimate of drug-likeness (QED) is 0.0758. The molecule has 7 amide bonds. The highest BCUT2D eigenvalue weighted by molar-refractivity contribution is 6.35. The molecule has 3 aromatic rings. The predicted molar refractivity (Wildman–Crippen MR) is 221 cm³/mol. The summed E-state index contributed by atoms with van der Waals surface area (Å²) in [5.74, 6) is -3.22. The van der Waals surface area contributed by atoms with Crippen molar-refractivity contribution in [3.63, 3.8) is 0 Å². The van der Waals surface area contributed by atoms with Gasteiger partial charge >= 0.3 is 0 Å². The molecule has 1 aromatic heterocycles. The first-order valence-corrected chi connectivity index (χ1v) is 20.5. The van der Waals surface area contributed by atoms with Crippen LogP contribution in [0.1, 0.15) is 79.3 Å². The van der Waals surface area contributed by atoms with Gasteiger partial charge in [-0.05, 0) is 75.2 Å². The zero-order valence-electron chi connectivity index (χ0n) is 34.1. The van der Waals surface area contributed by atoms with Gasteiger partial charge in [-0.15, -0.1) is 0 Å². The molecule has 0 spiro atoms. The van der Waals surface area contributed by atoms with Gasteiger partial charge in [0.05, 0.1) is 55.1 Å². The van der Waals surface area contributed by atoms with E-state index in [1.54, 1.807) is 25.1 Å². The van der Waals surface area contributed by atoms with Gasteiger partial charge in [0, 0.05) is 74.0 Å². The Morgan fingerprint density at radius 1 is 0.902 bits per heavy atom. The van der Waals surface area contributed by atoms with E-state index in [9.17, 15) is 38.0 Å². The van der Waals surface area contributed by atoms with Crippen LogP contribution in [-0.4, -0.2) is 139 Å². The SMILES string of the molecule is Cc1[nH]c(/C=C2\C(=O)Nc3ccc(F)cc32)c(C)c1C(=O)NCCCN1CCN(C(=O)CCOCCOCCNc2cccc3c2C(=O)N(C2CCC(=O)NC2=O)C3=O)CC1. The van der Waals surface area contributed by atoms with Gasteiger partial charge in [-0.25, -0.2) is 4.39 Å². The van der Waals surface area contributed by atoms with Crippen molar-refractivity contribution in [2.24, 2.45) is 0 Å². The van der Waals surface area contributed by atoms with E-state index in [0.717, 1.165) is 31.0 Å². The Morgan fingerprint density at radius 2 is 1.67 bits per heavy atom. The Bertz CT molecular complexity index is 2280. The molecule has 322 valence electrons. The number of piperazine rings is 1. The maximum atomic E-state index is 13.9. The average molecular weight is 841 g/mol. The standard InChI is InChI=1S/C43H49FN8O9/c1-25-33(24-30-29-23-27(44)7-8-31(29)48-39(30)55)47-26(2)37(25)41(57)46-12-4-14-50-15-17-51(18-16-50)36(54)11-19-60-21-22-61-20-13-45-32-6-3-5-28-38(32)43(59)52(42(28)58)34-9-10-35(53)49-40(34)56/h3,5-8,23-24,34,45,47H,4,9-22H2,1-2H3,(H,46,57)(H,48,55)(H,49,53,56)/b30-24-. The smallest absolute Gasteiger partial charge is 0.264 e. The highest BCUT2D eigenvalue weighted by atomic mass is 19.1. The number of hydrogen-bond acceptors (Lipinski definition) is 11. The third-order valence-corrected chi connectivity index (χ3v) is 11.3. The average Bonchev–Trinajstić information content (AvgIpc) is 3.80. The van der Waals surface area contributed by atoms with E-state index in [2.05, 4.69) is 31.2 Å². The van der Waals surface area contributed by atoms with E-state index in [-0.39, 0.29) is 61.3 Å². The molecule has 0 aliphatic carbocycles. The lowest BCUT2D eigenvalue weighted by Crippen LogP contribution is -2.54. The number of nitrogens with one attached hydrogen (secondary N) is 5. The number of nitrogens with zero attached hydrogens (tertiary/aromatic N) is 3. The van der Waals surface area contributed by atoms with E-state index >= 15 is 0 Å². The minimum Gasteiger partial charge on any atom is -0.382 e. The summed E-state index contributed by atoms with van der Waals surface area (Å²) in [6.07, 6.45) is 2.76. The van der Waals surface area contributed by atoms with Crippen molar-refractivity contribution >= 4 is 64.4 Å². The number of halogens is 1. The summed E-state index contributed by atoms with van der Waals surface area (Å²) in [5.41, 5.74) is 4.65. The molecule has 2 saturated heterocycles. The number of hydrogen-bond donors (Lipinski definition) is 5. The van der Waals surface area contributed by atoms with E-state index in [1.807, 2.05) is 11.8 Å². The number of carbonyl (C=O) groups excluding carboxylic acids is 7. The van der Waals surface area contributed by atoms with Crippen LogP contribution in [0.4, 0.5) is 15.8 Å². The van der Waals surface area contributed by atoms with Crippen molar-refractivity contribution in [1.29, 1.82) is 0 Å². The molecule has 18 heteroatoms. The lowest BCUT2D eigenvalue weighted by atomic mass is 10.0. The fourth-order valence-electron chi connectivity index (χ4n) is 8.08. The molecule has 4 aliphatic heterocycles. The molecule has 1 unspecified atom stereocenters. The van der Waals surface area contributed by atoms with Gasteiger partial charge < -0.3 is 35.3 Å². The minimum absolute atomic E-state index is 0.0220. The van der Waals surface area contributed by atoms with Gasteiger partial charge in [-0.3, -0.25) is 48.7 Å². The summed E-state index contributed by atoms with van der Waals surface area (Å²) in [6, 6.07) is 7.96. The molecule has 7 rings (SSSR count). The number of aromatic nitrogens is 1. The minimum atomic E-state index is -1.04. The number of benzene rings is 2. The fraction of sp³-hybridized carbons (Fsp3) is 0.419. The molecule has 0 bridgehead atoms. The number of H-pyrrole nitrogens is 1. The topological polar surface area (TPSA) is 212 Å². The van der Waals surface area contributed by atoms with Crippen molar-refractivity contribution < 1.29 is 47.4 Å². The second-order valence-electron chi connectivity index (χ2n) is 15.3. The lowest BCUT2D eigenvalue weighted by Gasteiger charge is -2.34. The van der Waals surface area contributed by atoms with Gasteiger partial charge in [-0.2, -0.15) is 0 Å². The number of anilines is 2. The molecule has 4 aliphatic rings. The van der Waals surface area contributed by atoms with Crippen LogP contribution >= 0.6 is 0 Å². The van der Waals surface area contributed by atoms with Crippen molar-refractivity contribution in [3.05, 3.63) is 81.4 Å². The normalized spacial score (nSPS) is 18.4. The Kier molecular flexibility index (Phi) is 13.3. The number of imide groups is 2. The summed E-state index contributed by atoms with van der Waals surface area (Å²) in [7, 11) is 0. The summed E-state index contributed by atoms with van der Waals surface area (Å²) >= 11 is 0. The molecular weight excluding hydrogens is 792 g/mol. The van der Waals surface area contributed by atoms with Crippen LogP contribution in [0.3, 0.4) is 0 Å². The second kappa shape index (κ2) is 19.0. The highest BCUT2D eigenvalue weighted by Crippen LogP contribution is 2.35. The largest absolute Gasteiger partial charge is 0.382 e. The Labute approximate surface area is 351 Å². The van der Waals surface area contributed by atoms with Crippen molar-refractivity contribution in [2.75, 3.05) is 82.9 Å². The first-order chi connectivity index (χ1) is 29.4. The van der Waals surface area contributed by atoms with Crippen LogP contribution in [0.5, 0.6) is 0 Å². The van der Waals surface area contributed by atoms with E-state index in [1.165, 1.54) is 24.3 Å². The number of amides is 7. The lowest BCUT2D eigenvalue weighted by molar-refractivity contribution is -0.136. The number of aryl methyl sites for hydroxylation is 1. The summed E-state index contributed by atoms with van der Waals surface area (Å²) in [6.45, 7) is 9.00. The van der Waals surface area contributed by atoms with Crippen molar-refractivity contribution in [1.82, 2.24) is 30.3 Å². The molecule has 17 nitrogen and oxygen atoms in total. The van der Waals surface area contributed by atoms with Crippen LogP contribution in [-0.2, 0) is 28.7 Å². The zero-order chi connectivity index (χ0) is 43.2. The first-order valence-electron chi connectivity index (χ1n) is 20.5. The molecule has 0 saturated carbocycles. The number of piperidine rings is 1. The molecule has 2 aromatic carbocycles. The van der Waals surface area contributed by atoms with Gasteiger partial charge in [0.25, 0.3) is 23.6 Å². The zero-order valence-corrected chi connectivity index (χ0v) is 34.1. The first kappa shape index (κ1) is 42.9. The molecule has 0 radical (unpaired) electrons. The van der Waals surface area contributed by atoms with Gasteiger partial charge in [0.1, 0.15) is 11.9 Å². The van der Waals surface area contributed by atoms with Crippen LogP contribution in [0.2, 0.25) is 0 Å². The van der Waals surface area contributed by atoms with Crippen LogP contribution in [0, 0.1) is 19.7 Å². The van der Waals surface area contributed by atoms with Gasteiger partial charge in [0.15, 0.2) is 0 Å². The maximum Gasteiger partial charge on any atom is 0.264 e. The third-order valence-electron chi connectivity index (χ3n) is 11.3. The maximum absolute atomic E-state index is 13.9. The number of fused-ring (bicyclic) bond motifs is 2. The number of rotatable bonds is 17. The van der Waals surface area contributed by atoms with Crippen molar-refractivity contribution in [3.8, 4) is 0 Å². The summed E-state index contributed by atoms with van der Waals surface area (Å²) in [5, 5.41) is 11.1. The molecule has 2 fully saturated rings. The molecule has 61 heavy (non-hydrogen) atoms. The van der Waals surface area contributed by atoms with Gasteiger partial charge in [-0.1, -0.05) is 6.07 Å². The molecule has 5 N–H and O–H groups in total.